The number of hydrogen-bond acceptors (Lipinski definition) is 2. The van der Waals surface area contributed by atoms with E-state index in [4.69, 9.17) is 5.73 Å². The monoisotopic (exact) mass is 254 g/mol. The fourth-order valence-corrected chi connectivity index (χ4v) is 2.79. The summed E-state index contributed by atoms with van der Waals surface area (Å²) in [7, 11) is 0. The summed E-state index contributed by atoms with van der Waals surface area (Å²) in [5.41, 5.74) is 6.40. The van der Waals surface area contributed by atoms with Crippen molar-refractivity contribution in [3.8, 4) is 0 Å². The van der Waals surface area contributed by atoms with Gasteiger partial charge >= 0.3 is 0 Å². The highest BCUT2D eigenvalue weighted by molar-refractivity contribution is 5.22. The van der Waals surface area contributed by atoms with Crippen LogP contribution in [0.2, 0.25) is 0 Å². The number of nitrogens with two attached hydrogens (primary N) is 1. The highest BCUT2D eigenvalue weighted by atomic mass is 19.1. The molecule has 0 aromatic heterocycles. The summed E-state index contributed by atoms with van der Waals surface area (Å²) >= 11 is 0. The Morgan fingerprint density at radius 1 is 1.33 bits per heavy atom. The molecule has 1 fully saturated rings. The number of likely N-dealkylation sites (tertiary alicyclic amines) is 1. The molecule has 0 bridgehead atoms. The zero-order valence-electron chi connectivity index (χ0n) is 10.9. The van der Waals surface area contributed by atoms with Crippen LogP contribution in [0.15, 0.2) is 18.2 Å². The number of piperidine rings is 1. The Hall–Kier alpha value is -1.00. The van der Waals surface area contributed by atoms with E-state index in [0.29, 0.717) is 11.5 Å². The summed E-state index contributed by atoms with van der Waals surface area (Å²) in [5.74, 6) is -0.254. The van der Waals surface area contributed by atoms with Crippen LogP contribution in [0, 0.1) is 17.6 Å². The second-order valence-corrected chi connectivity index (χ2v) is 5.40. The van der Waals surface area contributed by atoms with E-state index in [2.05, 4.69) is 11.8 Å². The smallest absolute Gasteiger partial charge is 0.128 e. The van der Waals surface area contributed by atoms with E-state index in [1.54, 1.807) is 0 Å². The van der Waals surface area contributed by atoms with E-state index < -0.39 is 5.82 Å². The van der Waals surface area contributed by atoms with Gasteiger partial charge in [0.2, 0.25) is 0 Å². The van der Waals surface area contributed by atoms with Crippen molar-refractivity contribution < 1.29 is 8.78 Å². The first kappa shape index (κ1) is 13.4. The maximum atomic E-state index is 13.7. The molecule has 100 valence electrons. The molecule has 1 saturated heterocycles. The van der Waals surface area contributed by atoms with Crippen molar-refractivity contribution in [3.05, 3.63) is 35.4 Å². The van der Waals surface area contributed by atoms with Gasteiger partial charge in [0, 0.05) is 30.7 Å². The van der Waals surface area contributed by atoms with Gasteiger partial charge in [0.1, 0.15) is 11.6 Å². The standard InChI is InChI=1S/C14H20F2N2/c1-9-5-12(17)8-18(7-9)10(2)13-6-11(15)3-4-14(13)16/h3-4,6,9-10,12H,5,7-8,17H2,1-2H3. The van der Waals surface area contributed by atoms with Gasteiger partial charge in [0.05, 0.1) is 0 Å². The number of hydrogen-bond donors (Lipinski definition) is 1. The SMILES string of the molecule is CC1CC(N)CN(C(C)c2cc(F)ccc2F)C1. The topological polar surface area (TPSA) is 29.3 Å². The van der Waals surface area contributed by atoms with Crippen LogP contribution >= 0.6 is 0 Å². The number of benzene rings is 1. The van der Waals surface area contributed by atoms with Crippen LogP contribution in [0.25, 0.3) is 0 Å². The molecule has 18 heavy (non-hydrogen) atoms. The summed E-state index contributed by atoms with van der Waals surface area (Å²) in [4.78, 5) is 2.14. The molecular weight excluding hydrogens is 234 g/mol. The van der Waals surface area contributed by atoms with E-state index in [-0.39, 0.29) is 17.9 Å². The Kier molecular flexibility index (Phi) is 3.97. The van der Waals surface area contributed by atoms with Gasteiger partial charge in [0.15, 0.2) is 0 Å². The number of halogens is 2. The Morgan fingerprint density at radius 2 is 2.06 bits per heavy atom. The molecule has 0 saturated carbocycles. The minimum absolute atomic E-state index is 0.118. The normalized spacial score (nSPS) is 27.2. The van der Waals surface area contributed by atoms with Crippen LogP contribution in [-0.4, -0.2) is 24.0 Å². The van der Waals surface area contributed by atoms with E-state index >= 15 is 0 Å². The van der Waals surface area contributed by atoms with Crippen LogP contribution in [0.5, 0.6) is 0 Å². The van der Waals surface area contributed by atoms with E-state index in [9.17, 15) is 8.78 Å². The molecule has 0 radical (unpaired) electrons. The molecular formula is C14H20F2N2. The summed E-state index contributed by atoms with van der Waals surface area (Å²) in [6.45, 7) is 5.66. The largest absolute Gasteiger partial charge is 0.327 e. The summed E-state index contributed by atoms with van der Waals surface area (Å²) in [5, 5.41) is 0. The fourth-order valence-electron chi connectivity index (χ4n) is 2.79. The molecule has 1 aromatic carbocycles. The lowest BCUT2D eigenvalue weighted by Crippen LogP contribution is -2.47. The van der Waals surface area contributed by atoms with Gasteiger partial charge in [-0.1, -0.05) is 6.92 Å². The fraction of sp³-hybridized carbons (Fsp3) is 0.571. The van der Waals surface area contributed by atoms with Crippen molar-refractivity contribution in [3.63, 3.8) is 0 Å². The third-order valence-corrected chi connectivity index (χ3v) is 3.68. The first-order valence-corrected chi connectivity index (χ1v) is 6.42. The van der Waals surface area contributed by atoms with Crippen LogP contribution in [0.1, 0.15) is 31.9 Å². The van der Waals surface area contributed by atoms with E-state index in [1.807, 2.05) is 6.92 Å². The molecule has 3 atom stereocenters. The van der Waals surface area contributed by atoms with Gasteiger partial charge in [-0.2, -0.15) is 0 Å². The quantitative estimate of drug-likeness (QED) is 0.879. The van der Waals surface area contributed by atoms with Gasteiger partial charge in [0.25, 0.3) is 0 Å². The summed E-state index contributed by atoms with van der Waals surface area (Å²) < 4.78 is 27.0. The Morgan fingerprint density at radius 3 is 2.72 bits per heavy atom. The molecule has 2 nitrogen and oxygen atoms in total. The maximum Gasteiger partial charge on any atom is 0.128 e. The first-order chi connectivity index (χ1) is 8.47. The highest BCUT2D eigenvalue weighted by Gasteiger charge is 2.27. The molecule has 2 rings (SSSR count). The predicted octanol–water partition coefficient (Wildman–Crippen LogP) is 2.69. The summed E-state index contributed by atoms with van der Waals surface area (Å²) in [6, 6.07) is 3.59. The van der Waals surface area contributed by atoms with Crippen LogP contribution in [-0.2, 0) is 0 Å². The van der Waals surface area contributed by atoms with Gasteiger partial charge < -0.3 is 5.73 Å². The lowest BCUT2D eigenvalue weighted by atomic mass is 9.94. The van der Waals surface area contributed by atoms with Gasteiger partial charge in [-0.25, -0.2) is 8.78 Å². The van der Waals surface area contributed by atoms with E-state index in [1.165, 1.54) is 12.1 Å². The van der Waals surface area contributed by atoms with E-state index in [0.717, 1.165) is 25.6 Å². The second kappa shape index (κ2) is 5.33. The van der Waals surface area contributed by atoms with Gasteiger partial charge in [-0.3, -0.25) is 4.90 Å². The Bertz CT molecular complexity index is 412. The maximum absolute atomic E-state index is 13.7. The average molecular weight is 254 g/mol. The van der Waals surface area contributed by atoms with Gasteiger partial charge in [-0.15, -0.1) is 0 Å². The number of rotatable bonds is 2. The zero-order chi connectivity index (χ0) is 13.3. The molecule has 2 N–H and O–H groups in total. The Labute approximate surface area is 107 Å². The molecule has 1 aromatic rings. The molecule has 0 spiro atoms. The molecule has 0 amide bonds. The molecule has 3 unspecified atom stereocenters. The molecule has 1 aliphatic heterocycles. The lowest BCUT2D eigenvalue weighted by Gasteiger charge is -2.38. The van der Waals surface area contributed by atoms with Crippen molar-refractivity contribution in [2.24, 2.45) is 11.7 Å². The van der Waals surface area contributed by atoms with Crippen molar-refractivity contribution in [1.29, 1.82) is 0 Å². The molecule has 1 aliphatic rings. The van der Waals surface area contributed by atoms with Crippen molar-refractivity contribution in [1.82, 2.24) is 4.90 Å². The summed E-state index contributed by atoms with van der Waals surface area (Å²) in [6.07, 6.45) is 0.995. The van der Waals surface area contributed by atoms with Crippen LogP contribution in [0.3, 0.4) is 0 Å². The predicted molar refractivity (Wildman–Crippen MR) is 68.1 cm³/mol. The van der Waals surface area contributed by atoms with Crippen molar-refractivity contribution in [2.75, 3.05) is 13.1 Å². The average Bonchev–Trinajstić information content (AvgIpc) is 2.30. The first-order valence-electron chi connectivity index (χ1n) is 6.42. The third kappa shape index (κ3) is 2.87. The lowest BCUT2D eigenvalue weighted by molar-refractivity contribution is 0.122. The molecule has 0 aliphatic carbocycles. The van der Waals surface area contributed by atoms with Gasteiger partial charge in [-0.05, 0) is 37.5 Å². The second-order valence-electron chi connectivity index (χ2n) is 5.40. The van der Waals surface area contributed by atoms with Crippen LogP contribution in [0.4, 0.5) is 8.78 Å². The van der Waals surface area contributed by atoms with Crippen molar-refractivity contribution >= 4 is 0 Å². The third-order valence-electron chi connectivity index (χ3n) is 3.68. The Balaban J connectivity index is 2.19. The number of nitrogens with zero attached hydrogens (tertiary/aromatic N) is 1. The minimum atomic E-state index is -0.396. The zero-order valence-corrected chi connectivity index (χ0v) is 10.9. The molecule has 4 heteroatoms. The highest BCUT2D eigenvalue weighted by Crippen LogP contribution is 2.28. The molecule has 1 heterocycles. The van der Waals surface area contributed by atoms with Crippen molar-refractivity contribution in [2.45, 2.75) is 32.4 Å². The minimum Gasteiger partial charge on any atom is -0.327 e. The van der Waals surface area contributed by atoms with Crippen LogP contribution < -0.4 is 5.73 Å².